The molecule has 0 saturated heterocycles. The fourth-order valence-corrected chi connectivity index (χ4v) is 6.20. The van der Waals surface area contributed by atoms with E-state index in [0.717, 1.165) is 69.0 Å². The zero-order valence-corrected chi connectivity index (χ0v) is 22.8. The molecule has 0 aliphatic heterocycles. The van der Waals surface area contributed by atoms with Crippen molar-refractivity contribution in [3.05, 3.63) is 65.2 Å². The molecule has 37 heavy (non-hydrogen) atoms. The van der Waals surface area contributed by atoms with Gasteiger partial charge in [0.15, 0.2) is 0 Å². The van der Waals surface area contributed by atoms with Crippen molar-refractivity contribution in [1.29, 1.82) is 0 Å². The van der Waals surface area contributed by atoms with Crippen molar-refractivity contribution in [3.8, 4) is 5.75 Å². The summed E-state index contributed by atoms with van der Waals surface area (Å²) >= 11 is 0. The minimum absolute atomic E-state index is 0.0246. The second-order valence-electron chi connectivity index (χ2n) is 11.4. The van der Waals surface area contributed by atoms with Crippen molar-refractivity contribution in [2.45, 2.75) is 93.9 Å². The van der Waals surface area contributed by atoms with E-state index in [2.05, 4.69) is 31.1 Å². The standard InChI is InChI=1S/C17H27NO2.C14H21NO2/c1-18(2)12-16(17(20)10-4-3-5-11-17)15-8-6-14(13-19)7-9-15;15-10-13(11-4-6-12(16)7-5-11)14(17)8-2-1-3-9-14/h6-9,16,19-20H,3-5,10-13H2,1-2H3;4-7,13,16-17H,1-3,8-10,15H2. The zero-order chi connectivity index (χ0) is 26.9. The smallest absolute Gasteiger partial charge is 0.115 e. The molecule has 2 aromatic carbocycles. The van der Waals surface area contributed by atoms with Crippen molar-refractivity contribution in [1.82, 2.24) is 4.90 Å². The number of nitrogens with two attached hydrogens (primary N) is 1. The monoisotopic (exact) mass is 512 g/mol. The lowest BCUT2D eigenvalue weighted by Crippen LogP contribution is -2.42. The van der Waals surface area contributed by atoms with Crippen molar-refractivity contribution in [2.75, 3.05) is 27.2 Å². The lowest BCUT2D eigenvalue weighted by Gasteiger charge is -2.41. The molecule has 6 heteroatoms. The molecule has 0 heterocycles. The molecule has 2 aliphatic carbocycles. The largest absolute Gasteiger partial charge is 0.508 e. The quantitative estimate of drug-likeness (QED) is 0.352. The molecule has 2 saturated carbocycles. The van der Waals surface area contributed by atoms with Crippen molar-refractivity contribution < 1.29 is 20.4 Å². The average Bonchev–Trinajstić information content (AvgIpc) is 2.90. The van der Waals surface area contributed by atoms with Gasteiger partial charge >= 0.3 is 0 Å². The number of hydrogen-bond acceptors (Lipinski definition) is 6. The molecule has 0 radical (unpaired) electrons. The van der Waals surface area contributed by atoms with E-state index in [0.29, 0.717) is 6.54 Å². The van der Waals surface area contributed by atoms with E-state index in [9.17, 15) is 15.3 Å². The highest BCUT2D eigenvalue weighted by Crippen LogP contribution is 2.41. The fourth-order valence-electron chi connectivity index (χ4n) is 6.20. The highest BCUT2D eigenvalue weighted by molar-refractivity contribution is 5.31. The Morgan fingerprint density at radius 2 is 1.16 bits per heavy atom. The Kier molecular flexibility index (Phi) is 11.0. The summed E-state index contributed by atoms with van der Waals surface area (Å²) in [6, 6.07) is 15.1. The lowest BCUT2D eigenvalue weighted by atomic mass is 9.72. The molecule has 4 rings (SSSR count). The lowest BCUT2D eigenvalue weighted by molar-refractivity contribution is -0.0277. The Labute approximate surface area is 223 Å². The number of phenols is 1. The number of aromatic hydroxyl groups is 1. The van der Waals surface area contributed by atoms with Gasteiger partial charge in [0.2, 0.25) is 0 Å². The highest BCUT2D eigenvalue weighted by atomic mass is 16.3. The first-order chi connectivity index (χ1) is 17.7. The number of aliphatic hydroxyl groups is 3. The first kappa shape index (κ1) is 29.6. The van der Waals surface area contributed by atoms with Gasteiger partial charge in [-0.05, 0) is 68.6 Å². The van der Waals surface area contributed by atoms with Crippen LogP contribution in [0.5, 0.6) is 5.75 Å². The highest BCUT2D eigenvalue weighted by Gasteiger charge is 2.39. The number of nitrogens with zero attached hydrogens (tertiary/aromatic N) is 1. The third-order valence-corrected chi connectivity index (χ3v) is 8.38. The molecule has 0 amide bonds. The molecule has 2 aromatic rings. The van der Waals surface area contributed by atoms with Crippen LogP contribution in [-0.4, -0.2) is 63.7 Å². The summed E-state index contributed by atoms with van der Waals surface area (Å²) in [5, 5.41) is 40.2. The van der Waals surface area contributed by atoms with Gasteiger partial charge in [0.1, 0.15) is 5.75 Å². The molecular formula is C31H48N2O4. The molecule has 0 aromatic heterocycles. The summed E-state index contributed by atoms with van der Waals surface area (Å²) < 4.78 is 0. The van der Waals surface area contributed by atoms with Crippen molar-refractivity contribution >= 4 is 0 Å². The Hall–Kier alpha value is -1.96. The van der Waals surface area contributed by atoms with Gasteiger partial charge in [-0.15, -0.1) is 0 Å². The molecule has 6 nitrogen and oxygen atoms in total. The average molecular weight is 513 g/mol. The Morgan fingerprint density at radius 3 is 1.59 bits per heavy atom. The topological polar surface area (TPSA) is 110 Å². The summed E-state index contributed by atoms with van der Waals surface area (Å²) in [6.07, 6.45) is 10.3. The van der Waals surface area contributed by atoms with E-state index < -0.39 is 11.2 Å². The Bertz CT molecular complexity index is 917. The van der Waals surface area contributed by atoms with Crippen LogP contribution in [0.4, 0.5) is 0 Å². The fraction of sp³-hybridized carbons (Fsp3) is 0.613. The predicted octanol–water partition coefficient (Wildman–Crippen LogP) is 4.65. The SMILES string of the molecule is CN(C)CC(c1ccc(CO)cc1)C1(O)CCCCC1.NCC(c1ccc(O)cc1)C1(O)CCCCC1. The summed E-state index contributed by atoms with van der Waals surface area (Å²) in [5.74, 6) is 0.370. The minimum atomic E-state index is -0.663. The first-order valence-corrected chi connectivity index (χ1v) is 14.0. The van der Waals surface area contributed by atoms with Crippen LogP contribution in [0.3, 0.4) is 0 Å². The molecular weight excluding hydrogens is 464 g/mol. The summed E-state index contributed by atoms with van der Waals surface area (Å²) in [6.45, 7) is 1.37. The van der Waals surface area contributed by atoms with Crippen LogP contribution in [0.25, 0.3) is 0 Å². The summed E-state index contributed by atoms with van der Waals surface area (Å²) in [5.41, 5.74) is 7.72. The number of hydrogen-bond donors (Lipinski definition) is 5. The van der Waals surface area contributed by atoms with Crippen LogP contribution in [0.2, 0.25) is 0 Å². The molecule has 2 unspecified atom stereocenters. The van der Waals surface area contributed by atoms with E-state index >= 15 is 0 Å². The molecule has 206 valence electrons. The van der Waals surface area contributed by atoms with E-state index in [1.807, 2.05) is 24.3 Å². The van der Waals surface area contributed by atoms with Crippen LogP contribution < -0.4 is 5.73 Å². The van der Waals surface area contributed by atoms with Gasteiger partial charge in [0.05, 0.1) is 17.8 Å². The molecule has 2 atom stereocenters. The number of aliphatic hydroxyl groups excluding tert-OH is 1. The van der Waals surface area contributed by atoms with Gasteiger partial charge in [0.25, 0.3) is 0 Å². The maximum absolute atomic E-state index is 11.1. The molecule has 2 fully saturated rings. The second kappa shape index (κ2) is 13.7. The van der Waals surface area contributed by atoms with Gasteiger partial charge < -0.3 is 31.1 Å². The van der Waals surface area contributed by atoms with Crippen LogP contribution in [0.15, 0.2) is 48.5 Å². The van der Waals surface area contributed by atoms with Crippen LogP contribution in [0, 0.1) is 0 Å². The van der Waals surface area contributed by atoms with Crippen molar-refractivity contribution in [3.63, 3.8) is 0 Å². The summed E-state index contributed by atoms with van der Waals surface area (Å²) in [7, 11) is 4.11. The molecule has 6 N–H and O–H groups in total. The summed E-state index contributed by atoms with van der Waals surface area (Å²) in [4.78, 5) is 2.15. The van der Waals surface area contributed by atoms with Gasteiger partial charge in [-0.3, -0.25) is 0 Å². The number of rotatable bonds is 8. The molecule has 2 aliphatic rings. The van der Waals surface area contributed by atoms with Crippen LogP contribution in [-0.2, 0) is 6.61 Å². The molecule has 0 bridgehead atoms. The molecule has 0 spiro atoms. The van der Waals surface area contributed by atoms with Gasteiger partial charge in [-0.25, -0.2) is 0 Å². The third-order valence-electron chi connectivity index (χ3n) is 8.38. The van der Waals surface area contributed by atoms with E-state index in [1.165, 1.54) is 18.4 Å². The van der Waals surface area contributed by atoms with Crippen LogP contribution in [0.1, 0.15) is 92.7 Å². The maximum Gasteiger partial charge on any atom is 0.115 e. The van der Waals surface area contributed by atoms with Crippen molar-refractivity contribution in [2.24, 2.45) is 5.73 Å². The number of benzene rings is 2. The predicted molar refractivity (Wildman–Crippen MR) is 150 cm³/mol. The second-order valence-corrected chi connectivity index (χ2v) is 11.4. The van der Waals surface area contributed by atoms with Crippen LogP contribution >= 0.6 is 0 Å². The Morgan fingerprint density at radius 1 is 0.730 bits per heavy atom. The number of phenolic OH excluding ortho intramolecular Hbond substituents is 1. The third kappa shape index (κ3) is 8.01. The first-order valence-electron chi connectivity index (χ1n) is 14.0. The Balaban J connectivity index is 0.000000208. The zero-order valence-electron chi connectivity index (χ0n) is 22.8. The van der Waals surface area contributed by atoms with E-state index in [1.54, 1.807) is 12.1 Å². The normalized spacial score (nSPS) is 20.5. The van der Waals surface area contributed by atoms with Gasteiger partial charge in [-0.1, -0.05) is 74.9 Å². The van der Waals surface area contributed by atoms with Gasteiger partial charge in [0, 0.05) is 24.9 Å². The minimum Gasteiger partial charge on any atom is -0.508 e. The van der Waals surface area contributed by atoms with E-state index in [4.69, 9.17) is 10.8 Å². The van der Waals surface area contributed by atoms with Gasteiger partial charge in [-0.2, -0.15) is 0 Å². The van der Waals surface area contributed by atoms with E-state index in [-0.39, 0.29) is 24.2 Å². The number of likely N-dealkylation sites (N-methyl/N-ethyl adjacent to an activating group) is 1. The maximum atomic E-state index is 11.1.